The van der Waals surface area contributed by atoms with Crippen LogP contribution in [0, 0.1) is 5.92 Å². The van der Waals surface area contributed by atoms with Gasteiger partial charge in [-0.3, -0.25) is 9.69 Å². The molecular formula is C24H29N3O3S2. The first-order valence-corrected chi connectivity index (χ1v) is 13.6. The number of anilines is 1. The number of amides is 1. The predicted molar refractivity (Wildman–Crippen MR) is 130 cm³/mol. The van der Waals surface area contributed by atoms with Gasteiger partial charge in [0.2, 0.25) is 15.9 Å². The number of carbonyl (C=O) groups is 1. The first kappa shape index (κ1) is 22.9. The lowest BCUT2D eigenvalue weighted by Gasteiger charge is -2.33. The highest BCUT2D eigenvalue weighted by Gasteiger charge is 2.34. The SMILES string of the molecule is CC(C)c1cccc2sc(N(Cc3ccccc3)C(=O)C3CCCN(S(C)(=O)=O)C3)nc12. The van der Waals surface area contributed by atoms with E-state index in [4.69, 9.17) is 4.98 Å². The van der Waals surface area contributed by atoms with E-state index in [9.17, 15) is 13.2 Å². The monoisotopic (exact) mass is 471 g/mol. The maximum Gasteiger partial charge on any atom is 0.233 e. The minimum Gasteiger partial charge on any atom is -0.283 e. The third kappa shape index (κ3) is 4.87. The fraction of sp³-hybridized carbons (Fsp3) is 0.417. The standard InChI is InChI=1S/C24H29N3O3S2/c1-17(2)20-12-7-13-21-22(20)25-24(31-21)27(15-18-9-5-4-6-10-18)23(28)19-11-8-14-26(16-19)32(3,29)30/h4-7,9-10,12-13,17,19H,8,11,14-16H2,1-3H3. The van der Waals surface area contributed by atoms with Crippen molar-refractivity contribution in [3.8, 4) is 0 Å². The summed E-state index contributed by atoms with van der Waals surface area (Å²) in [5.41, 5.74) is 3.12. The summed E-state index contributed by atoms with van der Waals surface area (Å²) in [6.07, 6.45) is 2.57. The number of sulfonamides is 1. The van der Waals surface area contributed by atoms with Gasteiger partial charge in [0.25, 0.3) is 0 Å². The van der Waals surface area contributed by atoms with Gasteiger partial charge < -0.3 is 0 Å². The van der Waals surface area contributed by atoms with Crippen molar-refractivity contribution < 1.29 is 13.2 Å². The zero-order valence-corrected chi connectivity index (χ0v) is 20.3. The number of carbonyl (C=O) groups excluding carboxylic acids is 1. The number of aromatic nitrogens is 1. The molecule has 0 bridgehead atoms. The lowest BCUT2D eigenvalue weighted by Crippen LogP contribution is -2.46. The molecule has 1 aromatic heterocycles. The average Bonchev–Trinajstić information content (AvgIpc) is 3.21. The normalized spacial score (nSPS) is 17.7. The third-order valence-corrected chi connectivity index (χ3v) is 8.26. The van der Waals surface area contributed by atoms with E-state index in [1.54, 1.807) is 4.90 Å². The topological polar surface area (TPSA) is 70.6 Å². The molecule has 1 unspecified atom stereocenters. The fourth-order valence-corrected chi connectivity index (χ4v) is 6.13. The highest BCUT2D eigenvalue weighted by atomic mass is 32.2. The molecule has 170 valence electrons. The number of thiazole rings is 1. The van der Waals surface area contributed by atoms with Crippen LogP contribution in [0.5, 0.6) is 0 Å². The van der Waals surface area contributed by atoms with Crippen molar-refractivity contribution in [3.63, 3.8) is 0 Å². The maximum atomic E-state index is 13.7. The molecule has 2 heterocycles. The van der Waals surface area contributed by atoms with Gasteiger partial charge in [0, 0.05) is 13.1 Å². The molecule has 6 nitrogen and oxygen atoms in total. The van der Waals surface area contributed by atoms with E-state index in [2.05, 4.69) is 19.9 Å². The second-order valence-corrected chi connectivity index (χ2v) is 11.7. The van der Waals surface area contributed by atoms with Crippen LogP contribution < -0.4 is 4.90 Å². The maximum absolute atomic E-state index is 13.7. The van der Waals surface area contributed by atoms with Gasteiger partial charge in [0.1, 0.15) is 0 Å². The smallest absolute Gasteiger partial charge is 0.233 e. The van der Waals surface area contributed by atoms with Gasteiger partial charge in [0.15, 0.2) is 5.13 Å². The molecular weight excluding hydrogens is 442 g/mol. The third-order valence-electron chi connectivity index (χ3n) is 5.94. The number of benzene rings is 2. The van der Waals surface area contributed by atoms with Crippen molar-refractivity contribution in [1.82, 2.24) is 9.29 Å². The van der Waals surface area contributed by atoms with Crippen molar-refractivity contribution >= 4 is 42.6 Å². The van der Waals surface area contributed by atoms with Crippen LogP contribution in [0.15, 0.2) is 48.5 Å². The Morgan fingerprint density at radius 1 is 1.19 bits per heavy atom. The summed E-state index contributed by atoms with van der Waals surface area (Å²) >= 11 is 1.52. The van der Waals surface area contributed by atoms with Gasteiger partial charge in [0.05, 0.1) is 28.9 Å². The Hall–Kier alpha value is -2.29. The summed E-state index contributed by atoms with van der Waals surface area (Å²) in [6.45, 7) is 5.39. The van der Waals surface area contributed by atoms with Crippen molar-refractivity contribution in [2.24, 2.45) is 5.92 Å². The number of para-hydroxylation sites is 1. The number of nitrogens with zero attached hydrogens (tertiary/aromatic N) is 3. The van der Waals surface area contributed by atoms with Crippen LogP contribution in [0.1, 0.15) is 43.7 Å². The summed E-state index contributed by atoms with van der Waals surface area (Å²) in [5, 5.41) is 0.665. The summed E-state index contributed by atoms with van der Waals surface area (Å²) in [7, 11) is -3.33. The van der Waals surface area contributed by atoms with Crippen LogP contribution in [-0.4, -0.2) is 43.0 Å². The van der Waals surface area contributed by atoms with E-state index in [0.717, 1.165) is 21.3 Å². The second kappa shape index (κ2) is 9.29. The van der Waals surface area contributed by atoms with Crippen LogP contribution in [-0.2, 0) is 21.4 Å². The predicted octanol–water partition coefficient (Wildman–Crippen LogP) is 4.62. The van der Waals surface area contributed by atoms with Crippen LogP contribution in [0.25, 0.3) is 10.2 Å². The Kier molecular flexibility index (Phi) is 6.65. The molecule has 8 heteroatoms. The lowest BCUT2D eigenvalue weighted by molar-refractivity contribution is -0.123. The molecule has 1 atom stereocenters. The minimum absolute atomic E-state index is 0.0626. The number of hydrogen-bond donors (Lipinski definition) is 0. The van der Waals surface area contributed by atoms with Crippen LogP contribution >= 0.6 is 11.3 Å². The molecule has 1 aliphatic rings. The minimum atomic E-state index is -3.33. The summed E-state index contributed by atoms with van der Waals surface area (Å²) < 4.78 is 26.7. The number of fused-ring (bicyclic) bond motifs is 1. The van der Waals surface area contributed by atoms with Crippen molar-refractivity contribution in [1.29, 1.82) is 0 Å². The molecule has 2 aromatic carbocycles. The van der Waals surface area contributed by atoms with E-state index < -0.39 is 10.0 Å². The molecule has 1 aliphatic heterocycles. The lowest BCUT2D eigenvalue weighted by atomic mass is 9.98. The molecule has 0 radical (unpaired) electrons. The van der Waals surface area contributed by atoms with Crippen LogP contribution in [0.3, 0.4) is 0 Å². The molecule has 32 heavy (non-hydrogen) atoms. The van der Waals surface area contributed by atoms with Gasteiger partial charge in [-0.05, 0) is 36.0 Å². The van der Waals surface area contributed by atoms with Gasteiger partial charge in [-0.1, -0.05) is 67.6 Å². The van der Waals surface area contributed by atoms with E-state index >= 15 is 0 Å². The molecule has 0 saturated carbocycles. The Balaban J connectivity index is 1.72. The van der Waals surface area contributed by atoms with Crippen molar-refractivity contribution in [2.75, 3.05) is 24.2 Å². The largest absolute Gasteiger partial charge is 0.283 e. The second-order valence-electron chi connectivity index (χ2n) is 8.72. The molecule has 4 rings (SSSR count). The Morgan fingerprint density at radius 3 is 2.62 bits per heavy atom. The van der Waals surface area contributed by atoms with Crippen molar-refractivity contribution in [2.45, 2.75) is 39.2 Å². The molecule has 1 saturated heterocycles. The van der Waals surface area contributed by atoms with Crippen LogP contribution in [0.4, 0.5) is 5.13 Å². The van der Waals surface area contributed by atoms with Gasteiger partial charge in [-0.2, -0.15) is 0 Å². The van der Waals surface area contributed by atoms with Gasteiger partial charge in [-0.15, -0.1) is 0 Å². The molecule has 1 fully saturated rings. The zero-order chi connectivity index (χ0) is 22.9. The zero-order valence-electron chi connectivity index (χ0n) is 18.7. The van der Waals surface area contributed by atoms with E-state index in [-0.39, 0.29) is 18.4 Å². The summed E-state index contributed by atoms with van der Waals surface area (Å²) in [5.74, 6) is -0.111. The summed E-state index contributed by atoms with van der Waals surface area (Å²) in [4.78, 5) is 20.4. The molecule has 0 N–H and O–H groups in total. The number of hydrogen-bond acceptors (Lipinski definition) is 5. The van der Waals surface area contributed by atoms with Crippen molar-refractivity contribution in [3.05, 3.63) is 59.7 Å². The Morgan fingerprint density at radius 2 is 1.94 bits per heavy atom. The first-order valence-electron chi connectivity index (χ1n) is 10.9. The molecule has 1 amide bonds. The van der Waals surface area contributed by atoms with Crippen LogP contribution in [0.2, 0.25) is 0 Å². The average molecular weight is 472 g/mol. The highest BCUT2D eigenvalue weighted by molar-refractivity contribution is 7.88. The van der Waals surface area contributed by atoms with Gasteiger partial charge >= 0.3 is 0 Å². The number of piperidine rings is 1. The van der Waals surface area contributed by atoms with E-state index in [0.29, 0.717) is 37.0 Å². The first-order chi connectivity index (χ1) is 15.2. The van der Waals surface area contributed by atoms with E-state index in [1.165, 1.54) is 21.9 Å². The quantitative estimate of drug-likeness (QED) is 0.526. The number of rotatable bonds is 6. The Bertz CT molecular complexity index is 1210. The fourth-order valence-electron chi connectivity index (χ4n) is 4.21. The Labute approximate surface area is 193 Å². The molecule has 0 aliphatic carbocycles. The highest BCUT2D eigenvalue weighted by Crippen LogP contribution is 2.35. The summed E-state index contributed by atoms with van der Waals surface area (Å²) in [6, 6.07) is 16.0. The van der Waals surface area contributed by atoms with Gasteiger partial charge in [-0.25, -0.2) is 17.7 Å². The van der Waals surface area contributed by atoms with E-state index in [1.807, 2.05) is 42.5 Å². The molecule has 0 spiro atoms. The molecule has 3 aromatic rings.